The summed E-state index contributed by atoms with van der Waals surface area (Å²) < 4.78 is 10.3. The molecule has 158 valence electrons. The molecule has 0 aliphatic heterocycles. The number of hydrogen-bond donors (Lipinski definition) is 2. The highest BCUT2D eigenvalue weighted by atomic mass is 16.5. The van der Waals surface area contributed by atoms with Crippen LogP contribution in [0.15, 0.2) is 42.6 Å². The molecule has 0 spiro atoms. The summed E-state index contributed by atoms with van der Waals surface area (Å²) in [5.74, 6) is 0.698. The number of ether oxygens (including phenoxy) is 2. The van der Waals surface area contributed by atoms with E-state index in [-0.39, 0.29) is 5.91 Å². The van der Waals surface area contributed by atoms with E-state index < -0.39 is 5.97 Å². The van der Waals surface area contributed by atoms with E-state index in [4.69, 9.17) is 9.47 Å². The van der Waals surface area contributed by atoms with Gasteiger partial charge in [0, 0.05) is 35.6 Å². The third-order valence-corrected chi connectivity index (χ3v) is 5.13. The van der Waals surface area contributed by atoms with E-state index >= 15 is 0 Å². The first-order chi connectivity index (χ1) is 14.4. The van der Waals surface area contributed by atoms with Crippen molar-refractivity contribution < 1.29 is 19.1 Å². The van der Waals surface area contributed by atoms with Gasteiger partial charge in [0.1, 0.15) is 5.75 Å². The summed E-state index contributed by atoms with van der Waals surface area (Å²) in [6, 6.07) is 11.0. The fourth-order valence-corrected chi connectivity index (χ4v) is 3.38. The maximum absolute atomic E-state index is 12.5. The Morgan fingerprint density at radius 2 is 1.80 bits per heavy atom. The molecule has 0 fully saturated rings. The zero-order chi connectivity index (χ0) is 21.7. The average molecular weight is 408 g/mol. The molecular weight excluding hydrogens is 380 g/mol. The number of nitrogens with one attached hydrogen (secondary N) is 2. The Hall–Kier alpha value is -3.28. The second-order valence-electron chi connectivity index (χ2n) is 7.71. The molecule has 6 heteroatoms. The van der Waals surface area contributed by atoms with Crippen molar-refractivity contribution in [2.45, 2.75) is 26.7 Å². The van der Waals surface area contributed by atoms with Crippen LogP contribution >= 0.6 is 0 Å². The van der Waals surface area contributed by atoms with Crippen molar-refractivity contribution in [2.24, 2.45) is 5.92 Å². The van der Waals surface area contributed by atoms with Crippen molar-refractivity contribution in [3.05, 3.63) is 64.8 Å². The third kappa shape index (κ3) is 4.82. The van der Waals surface area contributed by atoms with Crippen LogP contribution < -0.4 is 10.1 Å². The fourth-order valence-electron chi connectivity index (χ4n) is 3.38. The zero-order valence-electron chi connectivity index (χ0n) is 17.9. The number of hydrogen-bond acceptors (Lipinski definition) is 4. The van der Waals surface area contributed by atoms with Crippen molar-refractivity contribution >= 4 is 22.8 Å². The smallest absolute Gasteiger partial charge is 0.337 e. The number of methoxy groups -OCH3 is 2. The highest BCUT2D eigenvalue weighted by Crippen LogP contribution is 2.28. The van der Waals surface area contributed by atoms with E-state index in [0.717, 1.165) is 28.5 Å². The Morgan fingerprint density at radius 3 is 2.50 bits per heavy atom. The van der Waals surface area contributed by atoms with Gasteiger partial charge in [0.25, 0.3) is 5.91 Å². The van der Waals surface area contributed by atoms with Gasteiger partial charge in [-0.2, -0.15) is 0 Å². The predicted octanol–water partition coefficient (Wildman–Crippen LogP) is 4.33. The third-order valence-electron chi connectivity index (χ3n) is 5.13. The molecule has 0 radical (unpaired) electrons. The van der Waals surface area contributed by atoms with E-state index in [0.29, 0.717) is 35.8 Å². The maximum Gasteiger partial charge on any atom is 0.337 e. The van der Waals surface area contributed by atoms with Gasteiger partial charge < -0.3 is 19.8 Å². The highest BCUT2D eigenvalue weighted by molar-refractivity contribution is 5.99. The summed E-state index contributed by atoms with van der Waals surface area (Å²) in [5.41, 5.74) is 4.04. The Kier molecular flexibility index (Phi) is 6.77. The number of amides is 1. The standard InChI is InChI=1S/C24H28N2O4/c1-15(2)9-10-25-23(27)17-7-8-21-20(12-17)19(14-26-21)11-16-5-6-18(24(28)30-4)13-22(16)29-3/h5-8,12-15,26H,9-11H2,1-4H3,(H,25,27). The summed E-state index contributed by atoms with van der Waals surface area (Å²) in [7, 11) is 2.93. The first-order valence-electron chi connectivity index (χ1n) is 10.1. The van der Waals surface area contributed by atoms with E-state index in [2.05, 4.69) is 24.1 Å². The van der Waals surface area contributed by atoms with Crippen LogP contribution in [0.3, 0.4) is 0 Å². The Bertz CT molecular complexity index is 1050. The second-order valence-corrected chi connectivity index (χ2v) is 7.71. The van der Waals surface area contributed by atoms with Crippen molar-refractivity contribution in [3.8, 4) is 5.75 Å². The lowest BCUT2D eigenvalue weighted by atomic mass is 10.0. The van der Waals surface area contributed by atoms with Crippen LogP contribution in [-0.2, 0) is 11.2 Å². The van der Waals surface area contributed by atoms with Crippen LogP contribution in [0, 0.1) is 5.92 Å². The summed E-state index contributed by atoms with van der Waals surface area (Å²) in [5, 5.41) is 3.98. The van der Waals surface area contributed by atoms with Crippen LogP contribution in [0.1, 0.15) is 52.1 Å². The minimum atomic E-state index is -0.403. The number of H-pyrrole nitrogens is 1. The lowest BCUT2D eigenvalue weighted by Crippen LogP contribution is -2.25. The lowest BCUT2D eigenvalue weighted by Gasteiger charge is -2.10. The highest BCUT2D eigenvalue weighted by Gasteiger charge is 2.14. The number of carbonyl (C=O) groups excluding carboxylic acids is 2. The Morgan fingerprint density at radius 1 is 1.03 bits per heavy atom. The van der Waals surface area contributed by atoms with Gasteiger partial charge in [-0.05, 0) is 53.8 Å². The molecule has 0 unspecified atom stereocenters. The number of fused-ring (bicyclic) bond motifs is 1. The van der Waals surface area contributed by atoms with Gasteiger partial charge in [-0.25, -0.2) is 4.79 Å². The van der Waals surface area contributed by atoms with Gasteiger partial charge >= 0.3 is 5.97 Å². The molecule has 2 N–H and O–H groups in total. The monoisotopic (exact) mass is 408 g/mol. The topological polar surface area (TPSA) is 80.4 Å². The summed E-state index contributed by atoms with van der Waals surface area (Å²) >= 11 is 0. The van der Waals surface area contributed by atoms with Crippen LogP contribution in [0.5, 0.6) is 5.75 Å². The number of aromatic amines is 1. The molecule has 3 rings (SSSR count). The average Bonchev–Trinajstić information content (AvgIpc) is 3.15. The first kappa shape index (κ1) is 21.4. The van der Waals surface area contributed by atoms with Gasteiger partial charge in [-0.3, -0.25) is 4.79 Å². The molecule has 1 aromatic heterocycles. The molecule has 0 saturated carbocycles. The molecule has 0 aliphatic rings. The lowest BCUT2D eigenvalue weighted by molar-refractivity contribution is 0.0600. The fraction of sp³-hybridized carbons (Fsp3) is 0.333. The van der Waals surface area contributed by atoms with Crippen molar-refractivity contribution in [2.75, 3.05) is 20.8 Å². The zero-order valence-corrected chi connectivity index (χ0v) is 17.9. The molecular formula is C24H28N2O4. The summed E-state index contributed by atoms with van der Waals surface area (Å²) in [6.07, 6.45) is 3.49. The van der Waals surface area contributed by atoms with E-state index in [1.807, 2.05) is 30.5 Å². The Labute approximate surface area is 176 Å². The van der Waals surface area contributed by atoms with Gasteiger partial charge in [0.2, 0.25) is 0 Å². The van der Waals surface area contributed by atoms with Crippen LogP contribution in [0.2, 0.25) is 0 Å². The molecule has 2 aromatic carbocycles. The van der Waals surface area contributed by atoms with Crippen molar-refractivity contribution in [3.63, 3.8) is 0 Å². The van der Waals surface area contributed by atoms with Crippen LogP contribution in [0.25, 0.3) is 10.9 Å². The molecule has 0 atom stereocenters. The minimum Gasteiger partial charge on any atom is -0.496 e. The molecule has 0 bridgehead atoms. The van der Waals surface area contributed by atoms with Crippen molar-refractivity contribution in [1.82, 2.24) is 10.3 Å². The molecule has 1 amide bonds. The van der Waals surface area contributed by atoms with Crippen LogP contribution in [-0.4, -0.2) is 37.6 Å². The first-order valence-corrected chi connectivity index (χ1v) is 10.1. The molecule has 30 heavy (non-hydrogen) atoms. The van der Waals surface area contributed by atoms with Gasteiger partial charge in [0.05, 0.1) is 19.8 Å². The minimum absolute atomic E-state index is 0.0651. The van der Waals surface area contributed by atoms with Crippen molar-refractivity contribution in [1.29, 1.82) is 0 Å². The van der Waals surface area contributed by atoms with E-state index in [9.17, 15) is 9.59 Å². The number of benzene rings is 2. The summed E-state index contributed by atoms with van der Waals surface area (Å²) in [6.45, 7) is 4.94. The SMILES string of the molecule is COC(=O)c1ccc(Cc2c[nH]c3ccc(C(=O)NCCC(C)C)cc23)c(OC)c1. The second kappa shape index (κ2) is 9.48. The predicted molar refractivity (Wildman–Crippen MR) is 117 cm³/mol. The normalized spacial score (nSPS) is 11.0. The molecule has 1 heterocycles. The van der Waals surface area contributed by atoms with Gasteiger partial charge in [-0.1, -0.05) is 19.9 Å². The molecule has 3 aromatic rings. The summed E-state index contributed by atoms with van der Waals surface area (Å²) in [4.78, 5) is 27.5. The number of esters is 1. The quantitative estimate of drug-likeness (QED) is 0.544. The van der Waals surface area contributed by atoms with E-state index in [1.165, 1.54) is 7.11 Å². The van der Waals surface area contributed by atoms with Gasteiger partial charge in [-0.15, -0.1) is 0 Å². The van der Waals surface area contributed by atoms with E-state index in [1.54, 1.807) is 19.2 Å². The largest absolute Gasteiger partial charge is 0.496 e. The molecule has 6 nitrogen and oxygen atoms in total. The maximum atomic E-state index is 12.5. The Balaban J connectivity index is 1.85. The molecule has 0 aliphatic carbocycles. The van der Waals surface area contributed by atoms with Crippen LogP contribution in [0.4, 0.5) is 0 Å². The van der Waals surface area contributed by atoms with Gasteiger partial charge in [0.15, 0.2) is 0 Å². The molecule has 0 saturated heterocycles. The number of carbonyl (C=O) groups is 2. The number of aromatic nitrogens is 1. The number of rotatable bonds is 8.